The molecule has 0 atom stereocenters. The van der Waals surface area contributed by atoms with Crippen molar-refractivity contribution in [3.63, 3.8) is 0 Å². The summed E-state index contributed by atoms with van der Waals surface area (Å²) in [5.41, 5.74) is 3.88. The van der Waals surface area contributed by atoms with E-state index in [4.69, 9.17) is 0 Å². The molecule has 114 valence electrons. The van der Waals surface area contributed by atoms with Crippen molar-refractivity contribution >= 4 is 68.5 Å². The third-order valence-corrected chi connectivity index (χ3v) is 4.90. The number of rotatable bonds is 4. The van der Waals surface area contributed by atoms with Gasteiger partial charge in [-0.15, -0.1) is 0 Å². The molecule has 0 N–H and O–H groups in total. The molecule has 0 aliphatic heterocycles. The van der Waals surface area contributed by atoms with Crippen molar-refractivity contribution < 1.29 is 4.79 Å². The summed E-state index contributed by atoms with van der Waals surface area (Å²) < 4.78 is 2.40. The van der Waals surface area contributed by atoms with E-state index in [0.717, 1.165) is 23.3 Å². The van der Waals surface area contributed by atoms with Crippen molar-refractivity contribution in [3.05, 3.63) is 85.5 Å². The Morgan fingerprint density at radius 3 is 1.30 bits per heavy atom. The number of halogens is 2. The van der Waals surface area contributed by atoms with E-state index >= 15 is 0 Å². The van der Waals surface area contributed by atoms with Crippen LogP contribution in [0.2, 0.25) is 0 Å². The fraction of sp³-hybridized carbons (Fsp3) is 0. The molecule has 0 aliphatic carbocycles. The van der Waals surface area contributed by atoms with E-state index in [1.54, 1.807) is 0 Å². The summed E-state index contributed by atoms with van der Waals surface area (Å²) in [5.74, 6) is 0. The first-order chi connectivity index (χ1) is 11.2. The molecule has 4 heteroatoms. The van der Waals surface area contributed by atoms with Gasteiger partial charge in [-0.1, -0.05) is 0 Å². The molecule has 0 radical (unpaired) electrons. The van der Waals surface area contributed by atoms with E-state index in [1.165, 1.54) is 7.14 Å². The van der Waals surface area contributed by atoms with Gasteiger partial charge in [-0.25, -0.2) is 0 Å². The van der Waals surface area contributed by atoms with Gasteiger partial charge in [0.05, 0.1) is 0 Å². The summed E-state index contributed by atoms with van der Waals surface area (Å²) in [4.78, 5) is 13.1. The molecule has 3 rings (SSSR count). The van der Waals surface area contributed by atoms with Crippen molar-refractivity contribution in [2.75, 3.05) is 4.90 Å². The molecule has 0 fully saturated rings. The second kappa shape index (κ2) is 7.44. The quantitative estimate of drug-likeness (QED) is 0.300. The molecule has 0 aromatic heterocycles. The first-order valence-electron chi connectivity index (χ1n) is 7.04. The van der Waals surface area contributed by atoms with Crippen LogP contribution in [0.1, 0.15) is 10.4 Å². The van der Waals surface area contributed by atoms with E-state index in [9.17, 15) is 4.79 Å². The molecule has 0 bridgehead atoms. The molecular weight excluding hydrogens is 512 g/mol. The average Bonchev–Trinajstić information content (AvgIpc) is 2.59. The zero-order valence-corrected chi connectivity index (χ0v) is 16.4. The molecule has 0 spiro atoms. The molecule has 0 aliphatic rings. The maximum atomic E-state index is 10.9. The van der Waals surface area contributed by atoms with Crippen LogP contribution in [0.4, 0.5) is 17.1 Å². The van der Waals surface area contributed by atoms with Gasteiger partial charge in [-0.2, -0.15) is 0 Å². The van der Waals surface area contributed by atoms with Crippen molar-refractivity contribution in [1.29, 1.82) is 0 Å². The third-order valence-electron chi connectivity index (χ3n) is 3.46. The molecule has 0 heterocycles. The predicted molar refractivity (Wildman–Crippen MR) is 112 cm³/mol. The van der Waals surface area contributed by atoms with Crippen LogP contribution >= 0.6 is 45.2 Å². The Morgan fingerprint density at radius 2 is 0.957 bits per heavy atom. The zero-order chi connectivity index (χ0) is 16.2. The third kappa shape index (κ3) is 3.92. The Morgan fingerprint density at radius 1 is 0.609 bits per heavy atom. The average molecular weight is 525 g/mol. The minimum atomic E-state index is 0.680. The van der Waals surface area contributed by atoms with Gasteiger partial charge in [0.25, 0.3) is 0 Å². The molecule has 0 saturated heterocycles. The van der Waals surface area contributed by atoms with Crippen LogP contribution in [0.5, 0.6) is 0 Å². The Bertz CT molecular complexity index is 751. The van der Waals surface area contributed by atoms with Crippen molar-refractivity contribution in [1.82, 2.24) is 0 Å². The maximum Gasteiger partial charge on any atom is 0.150 e. The van der Waals surface area contributed by atoms with Crippen molar-refractivity contribution in [3.8, 4) is 0 Å². The van der Waals surface area contributed by atoms with Gasteiger partial charge >= 0.3 is 0 Å². The number of aldehydes is 1. The summed E-state index contributed by atoms with van der Waals surface area (Å²) in [6, 6.07) is 24.4. The molecule has 3 aromatic rings. The van der Waals surface area contributed by atoms with Crippen molar-refractivity contribution in [2.45, 2.75) is 0 Å². The molecule has 0 amide bonds. The van der Waals surface area contributed by atoms with Gasteiger partial charge in [0.2, 0.25) is 0 Å². The second-order valence-corrected chi connectivity index (χ2v) is 7.49. The predicted octanol–water partition coefficient (Wildman–Crippen LogP) is 6.18. The number of hydrogen-bond donors (Lipinski definition) is 0. The topological polar surface area (TPSA) is 20.3 Å². The molecule has 0 unspecified atom stereocenters. The summed E-state index contributed by atoms with van der Waals surface area (Å²) >= 11 is 4.61. The van der Waals surface area contributed by atoms with Crippen LogP contribution in [-0.2, 0) is 0 Å². The molecule has 2 nitrogen and oxygen atoms in total. The lowest BCUT2D eigenvalue weighted by atomic mass is 10.1. The lowest BCUT2D eigenvalue weighted by molar-refractivity contribution is 0.112. The lowest BCUT2D eigenvalue weighted by Crippen LogP contribution is -2.09. The van der Waals surface area contributed by atoms with Gasteiger partial charge in [-0.3, -0.25) is 4.79 Å². The summed E-state index contributed by atoms with van der Waals surface area (Å²) in [6.07, 6.45) is 0.865. The van der Waals surface area contributed by atoms with Gasteiger partial charge in [0.1, 0.15) is 6.29 Å². The number of carbonyl (C=O) groups is 1. The van der Waals surface area contributed by atoms with Crippen molar-refractivity contribution in [2.24, 2.45) is 0 Å². The number of anilines is 3. The molecular formula is C19H13I2NO. The Balaban J connectivity index is 2.10. The second-order valence-electron chi connectivity index (χ2n) is 5.00. The van der Waals surface area contributed by atoms with Gasteiger partial charge < -0.3 is 4.90 Å². The first-order valence-corrected chi connectivity index (χ1v) is 9.19. The fourth-order valence-electron chi connectivity index (χ4n) is 2.33. The summed E-state index contributed by atoms with van der Waals surface area (Å²) in [6.45, 7) is 0. The highest BCUT2D eigenvalue weighted by Crippen LogP contribution is 2.34. The first kappa shape index (κ1) is 16.4. The normalized spacial score (nSPS) is 10.3. The van der Waals surface area contributed by atoms with E-state index in [1.807, 2.05) is 24.3 Å². The largest absolute Gasteiger partial charge is 0.311 e. The maximum absolute atomic E-state index is 10.9. The van der Waals surface area contributed by atoms with Crippen LogP contribution in [0.3, 0.4) is 0 Å². The van der Waals surface area contributed by atoms with Crippen LogP contribution in [-0.4, -0.2) is 6.29 Å². The summed E-state index contributed by atoms with van der Waals surface area (Å²) in [7, 11) is 0. The fourth-order valence-corrected chi connectivity index (χ4v) is 3.05. The number of benzene rings is 3. The number of carbonyl (C=O) groups excluding carboxylic acids is 1. The van der Waals surface area contributed by atoms with Crippen LogP contribution in [0, 0.1) is 7.14 Å². The number of nitrogens with zero attached hydrogens (tertiary/aromatic N) is 1. The van der Waals surface area contributed by atoms with Gasteiger partial charge in [0.15, 0.2) is 0 Å². The highest BCUT2D eigenvalue weighted by molar-refractivity contribution is 14.1. The Labute approximate surface area is 162 Å². The van der Waals surface area contributed by atoms with E-state index in [0.29, 0.717) is 5.56 Å². The molecule has 0 saturated carbocycles. The van der Waals surface area contributed by atoms with Crippen LogP contribution in [0.15, 0.2) is 72.8 Å². The van der Waals surface area contributed by atoms with Gasteiger partial charge in [0, 0.05) is 29.8 Å². The van der Waals surface area contributed by atoms with Gasteiger partial charge in [-0.05, 0) is 118 Å². The SMILES string of the molecule is O=Cc1ccc(N(c2ccc(I)cc2)c2ccc(I)cc2)cc1. The van der Waals surface area contributed by atoms with Crippen LogP contribution < -0.4 is 4.90 Å². The van der Waals surface area contributed by atoms with Crippen LogP contribution in [0.25, 0.3) is 0 Å². The monoisotopic (exact) mass is 525 g/mol. The molecule has 23 heavy (non-hydrogen) atoms. The molecule has 3 aromatic carbocycles. The lowest BCUT2D eigenvalue weighted by Gasteiger charge is -2.25. The highest BCUT2D eigenvalue weighted by Gasteiger charge is 2.12. The van der Waals surface area contributed by atoms with E-state index in [-0.39, 0.29) is 0 Å². The minimum absolute atomic E-state index is 0.680. The standard InChI is InChI=1S/C19H13I2NO/c20-15-3-9-18(10-4-15)22(19-11-5-16(21)6-12-19)17-7-1-14(13-23)2-8-17/h1-13H. The van der Waals surface area contributed by atoms with E-state index in [2.05, 4.69) is 98.6 Å². The summed E-state index contributed by atoms with van der Waals surface area (Å²) in [5, 5.41) is 0. The Kier molecular flexibility index (Phi) is 5.32. The van der Waals surface area contributed by atoms with E-state index < -0.39 is 0 Å². The Hall–Kier alpha value is -1.41. The minimum Gasteiger partial charge on any atom is -0.311 e. The highest BCUT2D eigenvalue weighted by atomic mass is 127. The zero-order valence-electron chi connectivity index (χ0n) is 12.1. The smallest absolute Gasteiger partial charge is 0.150 e. The number of hydrogen-bond acceptors (Lipinski definition) is 2.